The number of unbranched alkanes of at least 4 members (excludes halogenated alkanes) is 7. The number of amides is 1. The quantitative estimate of drug-likeness (QED) is 0.420. The fourth-order valence-corrected chi connectivity index (χ4v) is 3.02. The molecule has 0 fully saturated rings. The van der Waals surface area contributed by atoms with Crippen molar-refractivity contribution < 1.29 is 14.7 Å². The van der Waals surface area contributed by atoms with Gasteiger partial charge in [-0.25, -0.2) is 0 Å². The third-order valence-electron chi connectivity index (χ3n) is 4.60. The minimum Gasteiger partial charge on any atom is -0.481 e. The van der Waals surface area contributed by atoms with Crippen molar-refractivity contribution >= 4 is 11.9 Å². The first-order chi connectivity index (χ1) is 12.6. The molecular formula is C22H35NO3. The maximum absolute atomic E-state index is 11.9. The van der Waals surface area contributed by atoms with Crippen LogP contribution in [0.25, 0.3) is 0 Å². The minimum atomic E-state index is -0.697. The summed E-state index contributed by atoms with van der Waals surface area (Å²) in [4.78, 5) is 22.3. The zero-order valence-electron chi connectivity index (χ0n) is 16.3. The number of aliphatic carboxylic acids is 1. The van der Waals surface area contributed by atoms with Crippen LogP contribution in [0.1, 0.15) is 88.7 Å². The zero-order chi connectivity index (χ0) is 19.0. The van der Waals surface area contributed by atoms with Crippen LogP contribution >= 0.6 is 0 Å². The molecule has 0 atom stereocenters. The van der Waals surface area contributed by atoms with Gasteiger partial charge in [0.2, 0.25) is 5.91 Å². The first-order valence-corrected chi connectivity index (χ1v) is 10.2. The van der Waals surface area contributed by atoms with E-state index >= 15 is 0 Å². The lowest BCUT2D eigenvalue weighted by atomic mass is 10.1. The maximum atomic E-state index is 11.9. The van der Waals surface area contributed by atoms with E-state index in [1.807, 2.05) is 0 Å². The average Bonchev–Trinajstić information content (AvgIpc) is 2.62. The van der Waals surface area contributed by atoms with Gasteiger partial charge in [-0.15, -0.1) is 0 Å². The van der Waals surface area contributed by atoms with Crippen molar-refractivity contribution in [3.63, 3.8) is 0 Å². The molecule has 0 saturated heterocycles. The number of carbonyl (C=O) groups is 2. The Hall–Kier alpha value is -1.84. The number of rotatable bonds is 15. The number of aryl methyl sites for hydroxylation is 1. The maximum Gasteiger partial charge on any atom is 0.303 e. The molecular weight excluding hydrogens is 326 g/mol. The second-order valence-corrected chi connectivity index (χ2v) is 7.07. The molecule has 2 N–H and O–H groups in total. The van der Waals surface area contributed by atoms with Gasteiger partial charge in [0, 0.05) is 19.4 Å². The Morgan fingerprint density at radius 2 is 1.31 bits per heavy atom. The first-order valence-electron chi connectivity index (χ1n) is 10.2. The Balaban J connectivity index is 1.96. The summed E-state index contributed by atoms with van der Waals surface area (Å²) in [5.41, 5.74) is 2.51. The number of carbonyl (C=O) groups excluding carboxylic acids is 1. The standard InChI is InChI=1S/C22H35NO3/c1-2-11-19-14-16-20(17-15-19)18-23-21(24)12-9-7-5-3-4-6-8-10-13-22(25)26/h14-17H,2-13,18H2,1H3,(H,23,24)(H,25,26). The van der Waals surface area contributed by atoms with Crippen molar-refractivity contribution in [3.05, 3.63) is 35.4 Å². The molecule has 1 aromatic carbocycles. The second-order valence-electron chi connectivity index (χ2n) is 7.07. The number of carboxylic acids is 1. The van der Waals surface area contributed by atoms with E-state index in [1.54, 1.807) is 0 Å². The summed E-state index contributed by atoms with van der Waals surface area (Å²) in [6.07, 6.45) is 11.6. The van der Waals surface area contributed by atoms with Gasteiger partial charge in [-0.1, -0.05) is 76.1 Å². The van der Waals surface area contributed by atoms with Crippen LogP contribution in [0, 0.1) is 0 Å². The van der Waals surface area contributed by atoms with E-state index in [4.69, 9.17) is 5.11 Å². The molecule has 0 aliphatic carbocycles. The second kappa shape index (κ2) is 14.3. The minimum absolute atomic E-state index is 0.135. The molecule has 0 heterocycles. The Morgan fingerprint density at radius 1 is 0.808 bits per heavy atom. The summed E-state index contributed by atoms with van der Waals surface area (Å²) in [5.74, 6) is -0.562. The van der Waals surface area contributed by atoms with Gasteiger partial charge in [-0.05, 0) is 30.4 Å². The number of nitrogens with one attached hydrogen (secondary N) is 1. The summed E-state index contributed by atoms with van der Waals surface area (Å²) < 4.78 is 0. The van der Waals surface area contributed by atoms with Crippen LogP contribution in [0.2, 0.25) is 0 Å². The third kappa shape index (κ3) is 11.7. The summed E-state index contributed by atoms with van der Waals surface area (Å²) in [6.45, 7) is 2.79. The van der Waals surface area contributed by atoms with Crippen LogP contribution in [0.15, 0.2) is 24.3 Å². The van der Waals surface area contributed by atoms with E-state index in [2.05, 4.69) is 36.5 Å². The lowest BCUT2D eigenvalue weighted by Gasteiger charge is -2.07. The average molecular weight is 362 g/mol. The molecule has 0 aromatic heterocycles. The van der Waals surface area contributed by atoms with Crippen molar-refractivity contribution in [1.82, 2.24) is 5.32 Å². The fourth-order valence-electron chi connectivity index (χ4n) is 3.02. The monoisotopic (exact) mass is 361 g/mol. The molecule has 4 nitrogen and oxygen atoms in total. The van der Waals surface area contributed by atoms with Crippen LogP contribution in [0.4, 0.5) is 0 Å². The lowest BCUT2D eigenvalue weighted by molar-refractivity contribution is -0.137. The van der Waals surface area contributed by atoms with Gasteiger partial charge in [-0.3, -0.25) is 9.59 Å². The molecule has 1 amide bonds. The molecule has 1 rings (SSSR count). The Morgan fingerprint density at radius 3 is 1.85 bits per heavy atom. The van der Waals surface area contributed by atoms with E-state index in [0.29, 0.717) is 13.0 Å². The van der Waals surface area contributed by atoms with Crippen molar-refractivity contribution in [1.29, 1.82) is 0 Å². The molecule has 0 aliphatic rings. The number of hydrogen-bond acceptors (Lipinski definition) is 2. The lowest BCUT2D eigenvalue weighted by Crippen LogP contribution is -2.22. The predicted octanol–water partition coefficient (Wildman–Crippen LogP) is 5.24. The largest absolute Gasteiger partial charge is 0.481 e. The van der Waals surface area contributed by atoms with E-state index in [1.165, 1.54) is 18.4 Å². The molecule has 1 aromatic rings. The van der Waals surface area contributed by atoms with Gasteiger partial charge in [-0.2, -0.15) is 0 Å². The van der Waals surface area contributed by atoms with Gasteiger partial charge in [0.05, 0.1) is 0 Å². The summed E-state index contributed by atoms with van der Waals surface area (Å²) in [7, 11) is 0. The molecule has 0 aliphatic heterocycles. The van der Waals surface area contributed by atoms with Crippen LogP contribution in [-0.2, 0) is 22.6 Å². The third-order valence-corrected chi connectivity index (χ3v) is 4.60. The van der Waals surface area contributed by atoms with Gasteiger partial charge in [0.1, 0.15) is 0 Å². The van der Waals surface area contributed by atoms with Crippen molar-refractivity contribution in [2.24, 2.45) is 0 Å². The predicted molar refractivity (Wildman–Crippen MR) is 106 cm³/mol. The van der Waals surface area contributed by atoms with Crippen LogP contribution < -0.4 is 5.32 Å². The Kier molecular flexibility index (Phi) is 12.2. The number of benzene rings is 1. The molecule has 146 valence electrons. The first kappa shape index (κ1) is 22.2. The highest BCUT2D eigenvalue weighted by Crippen LogP contribution is 2.11. The smallest absolute Gasteiger partial charge is 0.303 e. The summed E-state index contributed by atoms with van der Waals surface area (Å²) >= 11 is 0. The van der Waals surface area contributed by atoms with Crippen molar-refractivity contribution in [2.45, 2.75) is 90.5 Å². The molecule has 0 saturated carbocycles. The van der Waals surface area contributed by atoms with E-state index in [-0.39, 0.29) is 12.3 Å². The topological polar surface area (TPSA) is 66.4 Å². The number of hydrogen-bond donors (Lipinski definition) is 2. The highest BCUT2D eigenvalue weighted by molar-refractivity contribution is 5.75. The SMILES string of the molecule is CCCc1ccc(CNC(=O)CCCCCCCCCCC(=O)O)cc1. The molecule has 26 heavy (non-hydrogen) atoms. The molecule has 0 spiro atoms. The van der Waals surface area contributed by atoms with Gasteiger partial charge in [0.25, 0.3) is 0 Å². The zero-order valence-corrected chi connectivity index (χ0v) is 16.3. The van der Waals surface area contributed by atoms with Crippen LogP contribution in [0.5, 0.6) is 0 Å². The summed E-state index contributed by atoms with van der Waals surface area (Å²) in [6, 6.07) is 8.49. The van der Waals surface area contributed by atoms with Gasteiger partial charge < -0.3 is 10.4 Å². The Bertz CT molecular complexity index is 511. The Labute approximate surface area is 158 Å². The molecule has 0 bridgehead atoms. The van der Waals surface area contributed by atoms with Crippen LogP contribution in [0.3, 0.4) is 0 Å². The van der Waals surface area contributed by atoms with E-state index in [0.717, 1.165) is 56.9 Å². The molecule has 0 radical (unpaired) electrons. The summed E-state index contributed by atoms with van der Waals surface area (Å²) in [5, 5.41) is 11.6. The fraction of sp³-hybridized carbons (Fsp3) is 0.636. The van der Waals surface area contributed by atoms with Crippen molar-refractivity contribution in [3.8, 4) is 0 Å². The van der Waals surface area contributed by atoms with E-state index in [9.17, 15) is 9.59 Å². The van der Waals surface area contributed by atoms with Gasteiger partial charge >= 0.3 is 5.97 Å². The number of carboxylic acid groups (broad SMARTS) is 1. The van der Waals surface area contributed by atoms with Gasteiger partial charge in [0.15, 0.2) is 0 Å². The highest BCUT2D eigenvalue weighted by atomic mass is 16.4. The van der Waals surface area contributed by atoms with Crippen molar-refractivity contribution in [2.75, 3.05) is 0 Å². The normalized spacial score (nSPS) is 10.7. The highest BCUT2D eigenvalue weighted by Gasteiger charge is 2.02. The van der Waals surface area contributed by atoms with E-state index < -0.39 is 5.97 Å². The molecule has 0 unspecified atom stereocenters. The molecule has 4 heteroatoms. The van der Waals surface area contributed by atoms with Crippen LogP contribution in [-0.4, -0.2) is 17.0 Å².